The summed E-state index contributed by atoms with van der Waals surface area (Å²) in [7, 11) is 0. The van der Waals surface area contributed by atoms with Gasteiger partial charge in [-0.1, -0.05) is 23.4 Å². The van der Waals surface area contributed by atoms with Crippen molar-refractivity contribution >= 4 is 40.5 Å². The number of carboxylic acid groups (broad SMARTS) is 1. The van der Waals surface area contributed by atoms with Crippen LogP contribution in [0.25, 0.3) is 11.2 Å². The van der Waals surface area contributed by atoms with Gasteiger partial charge in [0.2, 0.25) is 0 Å². The van der Waals surface area contributed by atoms with Crippen LogP contribution >= 0.6 is 23.4 Å². The summed E-state index contributed by atoms with van der Waals surface area (Å²) < 4.78 is 7.58. The minimum absolute atomic E-state index is 0.0391. The summed E-state index contributed by atoms with van der Waals surface area (Å²) in [4.78, 5) is 19.5. The third-order valence-electron chi connectivity index (χ3n) is 3.25. The molecule has 1 aliphatic heterocycles. The zero-order valence-electron chi connectivity index (χ0n) is 11.2. The van der Waals surface area contributed by atoms with Crippen molar-refractivity contribution in [3.63, 3.8) is 0 Å². The molecular weight excluding hydrogens is 314 g/mol. The molecule has 2 aromatic rings. The van der Waals surface area contributed by atoms with Crippen molar-refractivity contribution in [2.45, 2.75) is 30.6 Å². The van der Waals surface area contributed by atoms with E-state index in [2.05, 4.69) is 9.97 Å². The summed E-state index contributed by atoms with van der Waals surface area (Å²) in [5.41, 5.74) is 1.39. The topological polar surface area (TPSA) is 77.2 Å². The molecule has 0 spiro atoms. The monoisotopic (exact) mass is 327 g/mol. The Kier molecular flexibility index (Phi) is 4.32. The fraction of sp³-hybridized carbons (Fsp3) is 0.462. The number of aromatic nitrogens is 3. The van der Waals surface area contributed by atoms with E-state index in [1.807, 2.05) is 4.57 Å². The van der Waals surface area contributed by atoms with Gasteiger partial charge in [-0.05, 0) is 18.9 Å². The second kappa shape index (κ2) is 6.21. The second-order valence-electron chi connectivity index (χ2n) is 4.82. The Bertz CT molecular complexity index is 670. The number of rotatable bonds is 5. The summed E-state index contributed by atoms with van der Waals surface area (Å²) in [6.07, 6.45) is 3.75. The molecule has 0 aromatic carbocycles. The summed E-state index contributed by atoms with van der Waals surface area (Å²) in [6, 6.07) is 1.74. The average Bonchev–Trinajstić information content (AvgIpc) is 3.05. The zero-order valence-corrected chi connectivity index (χ0v) is 12.7. The lowest BCUT2D eigenvalue weighted by Crippen LogP contribution is -2.16. The Balaban J connectivity index is 1.95. The van der Waals surface area contributed by atoms with Crippen LogP contribution in [0.15, 0.2) is 17.4 Å². The molecule has 1 atom stereocenters. The van der Waals surface area contributed by atoms with Gasteiger partial charge in [-0.25, -0.2) is 9.97 Å². The van der Waals surface area contributed by atoms with Gasteiger partial charge in [-0.15, -0.1) is 0 Å². The van der Waals surface area contributed by atoms with Crippen LogP contribution in [-0.2, 0) is 16.1 Å². The predicted octanol–water partition coefficient (Wildman–Crippen LogP) is 2.44. The van der Waals surface area contributed by atoms with Gasteiger partial charge in [0.1, 0.15) is 5.52 Å². The Hall–Kier alpha value is -1.31. The lowest BCUT2D eigenvalue weighted by Gasteiger charge is -2.12. The fourth-order valence-electron chi connectivity index (χ4n) is 2.36. The second-order valence-corrected chi connectivity index (χ2v) is 6.20. The molecule has 1 saturated heterocycles. The first-order chi connectivity index (χ1) is 10.1. The third kappa shape index (κ3) is 3.30. The molecule has 1 fully saturated rings. The van der Waals surface area contributed by atoms with Crippen molar-refractivity contribution in [3.05, 3.63) is 17.3 Å². The van der Waals surface area contributed by atoms with E-state index in [0.717, 1.165) is 19.4 Å². The smallest absolute Gasteiger partial charge is 0.313 e. The summed E-state index contributed by atoms with van der Waals surface area (Å²) in [6.45, 7) is 1.40. The number of nitrogens with zero attached hydrogens (tertiary/aromatic N) is 3. The van der Waals surface area contributed by atoms with Gasteiger partial charge in [0.15, 0.2) is 10.8 Å². The number of ether oxygens (including phenoxy) is 1. The number of imidazole rings is 1. The van der Waals surface area contributed by atoms with E-state index >= 15 is 0 Å². The first kappa shape index (κ1) is 14.6. The Morgan fingerprint density at radius 3 is 3.19 bits per heavy atom. The van der Waals surface area contributed by atoms with Crippen molar-refractivity contribution in [1.29, 1.82) is 0 Å². The molecule has 3 rings (SSSR count). The molecule has 21 heavy (non-hydrogen) atoms. The van der Waals surface area contributed by atoms with Gasteiger partial charge in [0.25, 0.3) is 0 Å². The quantitative estimate of drug-likeness (QED) is 0.850. The molecule has 2 aromatic heterocycles. The summed E-state index contributed by atoms with van der Waals surface area (Å²) >= 11 is 7.12. The molecule has 1 unspecified atom stereocenters. The van der Waals surface area contributed by atoms with Crippen molar-refractivity contribution in [2.24, 2.45) is 0 Å². The number of hydrogen-bond donors (Lipinski definition) is 1. The molecule has 3 heterocycles. The van der Waals surface area contributed by atoms with E-state index in [-0.39, 0.29) is 11.9 Å². The van der Waals surface area contributed by atoms with Gasteiger partial charge in [-0.3, -0.25) is 4.79 Å². The van der Waals surface area contributed by atoms with Crippen LogP contribution in [0.2, 0.25) is 5.02 Å². The van der Waals surface area contributed by atoms with Crippen LogP contribution in [0.4, 0.5) is 0 Å². The predicted molar refractivity (Wildman–Crippen MR) is 79.9 cm³/mol. The fourth-order valence-corrected chi connectivity index (χ4v) is 3.24. The number of halogens is 1. The highest BCUT2D eigenvalue weighted by atomic mass is 35.5. The Morgan fingerprint density at radius 1 is 1.62 bits per heavy atom. The van der Waals surface area contributed by atoms with Gasteiger partial charge in [0.05, 0.1) is 23.4 Å². The van der Waals surface area contributed by atoms with E-state index in [9.17, 15) is 4.79 Å². The highest BCUT2D eigenvalue weighted by Crippen LogP contribution is 2.26. The first-order valence-corrected chi connectivity index (χ1v) is 7.98. The lowest BCUT2D eigenvalue weighted by molar-refractivity contribution is -0.133. The Labute approximate surface area is 130 Å². The molecule has 1 N–H and O–H groups in total. The van der Waals surface area contributed by atoms with Crippen molar-refractivity contribution in [2.75, 3.05) is 12.4 Å². The van der Waals surface area contributed by atoms with Crippen LogP contribution < -0.4 is 0 Å². The molecule has 0 radical (unpaired) electrons. The SMILES string of the molecule is O=C(O)CSc1nc2cc(Cl)cnc2n1CC1CCCO1. The van der Waals surface area contributed by atoms with E-state index in [1.54, 1.807) is 12.3 Å². The number of aliphatic carboxylic acids is 1. The molecular formula is C13H14ClN3O3S. The van der Waals surface area contributed by atoms with Crippen molar-refractivity contribution in [1.82, 2.24) is 14.5 Å². The van der Waals surface area contributed by atoms with Crippen molar-refractivity contribution < 1.29 is 14.6 Å². The van der Waals surface area contributed by atoms with Gasteiger partial charge in [0, 0.05) is 12.8 Å². The number of thioether (sulfide) groups is 1. The van der Waals surface area contributed by atoms with Crippen LogP contribution in [0.5, 0.6) is 0 Å². The Morgan fingerprint density at radius 2 is 2.48 bits per heavy atom. The molecule has 0 aliphatic carbocycles. The summed E-state index contributed by atoms with van der Waals surface area (Å²) in [5, 5.41) is 10.00. The van der Waals surface area contributed by atoms with Crippen LogP contribution in [0.1, 0.15) is 12.8 Å². The molecule has 0 saturated carbocycles. The van der Waals surface area contributed by atoms with E-state index in [4.69, 9.17) is 21.4 Å². The van der Waals surface area contributed by atoms with Gasteiger partial charge < -0.3 is 14.4 Å². The number of fused-ring (bicyclic) bond motifs is 1. The number of carbonyl (C=O) groups is 1. The van der Waals surface area contributed by atoms with Gasteiger partial charge >= 0.3 is 5.97 Å². The van der Waals surface area contributed by atoms with Crippen LogP contribution in [0, 0.1) is 0 Å². The zero-order chi connectivity index (χ0) is 14.8. The molecule has 112 valence electrons. The van der Waals surface area contributed by atoms with Gasteiger partial charge in [-0.2, -0.15) is 0 Å². The number of carboxylic acids is 1. The minimum atomic E-state index is -0.873. The largest absolute Gasteiger partial charge is 0.481 e. The van der Waals surface area contributed by atoms with E-state index in [1.165, 1.54) is 11.8 Å². The van der Waals surface area contributed by atoms with Crippen LogP contribution in [0.3, 0.4) is 0 Å². The first-order valence-electron chi connectivity index (χ1n) is 6.61. The highest BCUT2D eigenvalue weighted by Gasteiger charge is 2.21. The average molecular weight is 328 g/mol. The van der Waals surface area contributed by atoms with E-state index < -0.39 is 5.97 Å². The molecule has 0 bridgehead atoms. The highest BCUT2D eigenvalue weighted by molar-refractivity contribution is 7.99. The molecule has 1 aliphatic rings. The minimum Gasteiger partial charge on any atom is -0.481 e. The van der Waals surface area contributed by atoms with E-state index in [0.29, 0.717) is 27.9 Å². The normalized spacial score (nSPS) is 18.4. The molecule has 6 nitrogen and oxygen atoms in total. The number of hydrogen-bond acceptors (Lipinski definition) is 5. The maximum Gasteiger partial charge on any atom is 0.313 e. The third-order valence-corrected chi connectivity index (χ3v) is 4.42. The maximum absolute atomic E-state index is 10.8. The standard InChI is InChI=1S/C13H14ClN3O3S/c14-8-4-10-12(15-5-8)17(6-9-2-1-3-20-9)13(16-10)21-7-11(18)19/h4-5,9H,1-3,6-7H2,(H,18,19). The molecule has 0 amide bonds. The summed E-state index contributed by atoms with van der Waals surface area (Å²) in [5.74, 6) is -0.913. The number of pyridine rings is 1. The van der Waals surface area contributed by atoms with Crippen LogP contribution in [-0.4, -0.2) is 44.1 Å². The lowest BCUT2D eigenvalue weighted by atomic mass is 10.2. The maximum atomic E-state index is 10.8. The van der Waals surface area contributed by atoms with Crippen molar-refractivity contribution in [3.8, 4) is 0 Å². The molecule has 8 heteroatoms.